The van der Waals surface area contributed by atoms with Crippen molar-refractivity contribution in [2.75, 3.05) is 47.9 Å². The Morgan fingerprint density at radius 1 is 0.781 bits per heavy atom. The lowest BCUT2D eigenvalue weighted by molar-refractivity contribution is -0.116. The first-order valence-corrected chi connectivity index (χ1v) is 13.0. The molecule has 0 atom stereocenters. The molecule has 2 aromatic rings. The molecule has 3 N–H and O–H groups in total. The summed E-state index contributed by atoms with van der Waals surface area (Å²) in [5.41, 5.74) is 1.41. The summed E-state index contributed by atoms with van der Waals surface area (Å²) in [6.45, 7) is 0.145. The molecule has 0 spiro atoms. The first-order valence-electron chi connectivity index (χ1n) is 10.2. The minimum atomic E-state index is -0.813. The van der Waals surface area contributed by atoms with Gasteiger partial charge < -0.3 is 25.2 Å². The van der Waals surface area contributed by atoms with Crippen molar-refractivity contribution < 1.29 is 24.2 Å². The minimum absolute atomic E-state index is 0.0217. The molecule has 0 unspecified atom stereocenters. The molecule has 174 valence electrons. The Hall–Kier alpha value is -2.36. The highest BCUT2D eigenvalue weighted by Gasteiger charge is 2.08. The molecule has 0 aliphatic heterocycles. The summed E-state index contributed by atoms with van der Waals surface area (Å²) in [5, 5.41) is 15.8. The predicted molar refractivity (Wildman–Crippen MR) is 133 cm³/mol. The van der Waals surface area contributed by atoms with E-state index in [2.05, 4.69) is 10.6 Å². The molecule has 0 fully saturated rings. The van der Waals surface area contributed by atoms with Gasteiger partial charge in [0.2, 0.25) is 11.8 Å². The molecule has 0 saturated heterocycles. The topological polar surface area (TPSA) is 96.9 Å². The molecule has 0 saturated carbocycles. The number of rotatable bonds is 14. The first kappa shape index (κ1) is 25.9. The summed E-state index contributed by atoms with van der Waals surface area (Å²) in [6, 6.07) is 14.0. The maximum Gasteiger partial charge on any atom is 0.225 e. The highest BCUT2D eigenvalue weighted by molar-refractivity contribution is 7.98. The van der Waals surface area contributed by atoms with Crippen LogP contribution in [0.4, 0.5) is 11.4 Å². The standard InChI is InChI=1S/C23H30N2O5S2/c1-31-13-11-22(27)24-17-3-7-20(8-4-17)29-15-19(26)16-30-21-9-5-18(6-10-21)25-23(28)12-14-32-2/h3-10,19,26H,11-16H2,1-2H3,(H,24,27)(H,25,28). The number of anilines is 2. The molecule has 2 amide bonds. The second kappa shape index (κ2) is 14.7. The van der Waals surface area contributed by atoms with E-state index >= 15 is 0 Å². The van der Waals surface area contributed by atoms with E-state index in [0.29, 0.717) is 35.7 Å². The molecule has 7 nitrogen and oxygen atoms in total. The number of hydrogen-bond acceptors (Lipinski definition) is 7. The zero-order chi connectivity index (χ0) is 23.2. The van der Waals surface area contributed by atoms with Crippen LogP contribution < -0.4 is 20.1 Å². The van der Waals surface area contributed by atoms with Crippen LogP contribution in [-0.4, -0.2) is 60.3 Å². The van der Waals surface area contributed by atoms with E-state index in [1.165, 1.54) is 0 Å². The monoisotopic (exact) mass is 478 g/mol. The lowest BCUT2D eigenvalue weighted by Gasteiger charge is -2.14. The molecule has 0 heterocycles. The SMILES string of the molecule is CSCCC(=O)Nc1ccc(OCC(O)COc2ccc(NC(=O)CCSC)cc2)cc1. The van der Waals surface area contributed by atoms with Crippen LogP contribution in [0.15, 0.2) is 48.5 Å². The molecule has 0 bridgehead atoms. The molecular weight excluding hydrogens is 448 g/mol. The van der Waals surface area contributed by atoms with Crippen molar-refractivity contribution in [3.8, 4) is 11.5 Å². The van der Waals surface area contributed by atoms with Gasteiger partial charge in [-0.3, -0.25) is 9.59 Å². The van der Waals surface area contributed by atoms with Gasteiger partial charge in [0.1, 0.15) is 30.8 Å². The van der Waals surface area contributed by atoms with Crippen molar-refractivity contribution in [1.29, 1.82) is 0 Å². The Bertz CT molecular complexity index is 762. The van der Waals surface area contributed by atoms with Crippen LogP contribution in [0.5, 0.6) is 11.5 Å². The van der Waals surface area contributed by atoms with E-state index in [-0.39, 0.29) is 25.0 Å². The second-order valence-corrected chi connectivity index (χ2v) is 8.88. The number of carbonyl (C=O) groups excluding carboxylic acids is 2. The van der Waals surface area contributed by atoms with Gasteiger partial charge in [-0.15, -0.1) is 0 Å². The third-order valence-corrected chi connectivity index (χ3v) is 5.45. The summed E-state index contributed by atoms with van der Waals surface area (Å²) >= 11 is 3.26. The molecule has 2 rings (SSSR count). The summed E-state index contributed by atoms with van der Waals surface area (Å²) in [5.74, 6) is 2.71. The fourth-order valence-corrected chi connectivity index (χ4v) is 3.32. The number of thioether (sulfide) groups is 2. The predicted octanol–water partition coefficient (Wildman–Crippen LogP) is 3.89. The smallest absolute Gasteiger partial charge is 0.225 e. The average molecular weight is 479 g/mol. The summed E-state index contributed by atoms with van der Waals surface area (Å²) in [7, 11) is 0. The van der Waals surface area contributed by atoms with Gasteiger partial charge in [-0.25, -0.2) is 0 Å². The van der Waals surface area contributed by atoms with Crippen molar-refractivity contribution in [2.45, 2.75) is 18.9 Å². The van der Waals surface area contributed by atoms with Crippen molar-refractivity contribution in [1.82, 2.24) is 0 Å². The number of benzene rings is 2. The molecule has 2 aromatic carbocycles. The van der Waals surface area contributed by atoms with Gasteiger partial charge in [0.05, 0.1) is 0 Å². The van der Waals surface area contributed by atoms with Crippen LogP contribution in [0.3, 0.4) is 0 Å². The van der Waals surface area contributed by atoms with E-state index in [1.54, 1.807) is 72.1 Å². The van der Waals surface area contributed by atoms with Crippen LogP contribution in [-0.2, 0) is 9.59 Å². The number of hydrogen-bond donors (Lipinski definition) is 3. The summed E-state index contributed by atoms with van der Waals surface area (Å²) in [4.78, 5) is 23.5. The molecule has 0 aliphatic rings. The normalized spacial score (nSPS) is 10.6. The fourth-order valence-electron chi connectivity index (χ4n) is 2.54. The third kappa shape index (κ3) is 10.3. The van der Waals surface area contributed by atoms with Crippen molar-refractivity contribution in [3.05, 3.63) is 48.5 Å². The van der Waals surface area contributed by atoms with Crippen LogP contribution in [0.2, 0.25) is 0 Å². The van der Waals surface area contributed by atoms with E-state index in [1.807, 2.05) is 12.5 Å². The molecule has 0 radical (unpaired) electrons. The fraction of sp³-hybridized carbons (Fsp3) is 0.391. The molecule has 0 aliphatic carbocycles. The Labute approximate surface area is 197 Å². The van der Waals surface area contributed by atoms with Crippen molar-refractivity contribution >= 4 is 46.7 Å². The Kier molecular flexibility index (Phi) is 11.9. The Balaban J connectivity index is 1.69. The number of aliphatic hydroxyl groups is 1. The van der Waals surface area contributed by atoms with Gasteiger partial charge in [-0.2, -0.15) is 23.5 Å². The number of carbonyl (C=O) groups is 2. The highest BCUT2D eigenvalue weighted by Crippen LogP contribution is 2.18. The van der Waals surface area contributed by atoms with Crippen LogP contribution in [0.1, 0.15) is 12.8 Å². The summed E-state index contributed by atoms with van der Waals surface area (Å²) < 4.78 is 11.2. The van der Waals surface area contributed by atoms with E-state index in [0.717, 1.165) is 11.5 Å². The highest BCUT2D eigenvalue weighted by atomic mass is 32.2. The average Bonchev–Trinajstić information content (AvgIpc) is 2.80. The van der Waals surface area contributed by atoms with Crippen LogP contribution >= 0.6 is 23.5 Å². The van der Waals surface area contributed by atoms with Gasteiger partial charge in [-0.1, -0.05) is 0 Å². The van der Waals surface area contributed by atoms with Crippen molar-refractivity contribution in [2.24, 2.45) is 0 Å². The maximum atomic E-state index is 11.7. The van der Waals surface area contributed by atoms with E-state index in [4.69, 9.17) is 9.47 Å². The molecule has 32 heavy (non-hydrogen) atoms. The van der Waals surface area contributed by atoms with Crippen LogP contribution in [0, 0.1) is 0 Å². The van der Waals surface area contributed by atoms with Gasteiger partial charge >= 0.3 is 0 Å². The van der Waals surface area contributed by atoms with Gasteiger partial charge in [0.25, 0.3) is 0 Å². The van der Waals surface area contributed by atoms with E-state index < -0.39 is 6.10 Å². The van der Waals surface area contributed by atoms with Crippen molar-refractivity contribution in [3.63, 3.8) is 0 Å². The molecular formula is C23H30N2O5S2. The summed E-state index contributed by atoms with van der Waals surface area (Å²) in [6.07, 6.45) is 4.06. The lowest BCUT2D eigenvalue weighted by atomic mass is 10.3. The van der Waals surface area contributed by atoms with E-state index in [9.17, 15) is 14.7 Å². The quantitative estimate of drug-likeness (QED) is 0.379. The third-order valence-electron chi connectivity index (χ3n) is 4.23. The number of nitrogens with one attached hydrogen (secondary N) is 2. The lowest BCUT2D eigenvalue weighted by Crippen LogP contribution is -2.25. The minimum Gasteiger partial charge on any atom is -0.491 e. The first-order chi connectivity index (χ1) is 15.5. The second-order valence-electron chi connectivity index (χ2n) is 6.91. The Morgan fingerprint density at radius 3 is 1.50 bits per heavy atom. The van der Waals surface area contributed by atoms with Crippen LogP contribution in [0.25, 0.3) is 0 Å². The Morgan fingerprint density at radius 2 is 1.16 bits per heavy atom. The largest absolute Gasteiger partial charge is 0.491 e. The zero-order valence-corrected chi connectivity index (χ0v) is 20.0. The van der Waals surface area contributed by atoms with Gasteiger partial charge in [0.15, 0.2) is 0 Å². The molecule has 0 aromatic heterocycles. The number of ether oxygens (including phenoxy) is 2. The number of amides is 2. The maximum absolute atomic E-state index is 11.7. The molecule has 9 heteroatoms. The number of aliphatic hydroxyl groups excluding tert-OH is 1. The van der Waals surface area contributed by atoms with Gasteiger partial charge in [-0.05, 0) is 61.0 Å². The van der Waals surface area contributed by atoms with Gasteiger partial charge in [0, 0.05) is 35.7 Å². The zero-order valence-electron chi connectivity index (χ0n) is 18.3.